The lowest BCUT2D eigenvalue weighted by Gasteiger charge is -2.32. The van der Waals surface area contributed by atoms with E-state index in [1.165, 1.54) is 19.3 Å². The van der Waals surface area contributed by atoms with E-state index in [0.717, 1.165) is 6.42 Å². The zero-order valence-electron chi connectivity index (χ0n) is 11.1. The summed E-state index contributed by atoms with van der Waals surface area (Å²) in [6, 6.07) is 2.82. The Kier molecular flexibility index (Phi) is 3.59. The van der Waals surface area contributed by atoms with Crippen LogP contribution in [0.1, 0.15) is 43.4 Å². The summed E-state index contributed by atoms with van der Waals surface area (Å²) in [6.45, 7) is 2.46. The van der Waals surface area contributed by atoms with Crippen LogP contribution in [-0.4, -0.2) is 26.0 Å². The maximum absolute atomic E-state index is 5.14. The van der Waals surface area contributed by atoms with Gasteiger partial charge < -0.3 is 9.84 Å². The number of nitrogens with one attached hydrogen (secondary N) is 1. The molecule has 0 saturated heterocycles. The fraction of sp³-hybridized carbons (Fsp3) is 0.615. The van der Waals surface area contributed by atoms with E-state index in [1.54, 1.807) is 0 Å². The Balaban J connectivity index is 1.64. The van der Waals surface area contributed by atoms with Gasteiger partial charge in [0.25, 0.3) is 0 Å². The van der Waals surface area contributed by atoms with Crippen LogP contribution in [0.15, 0.2) is 23.0 Å². The van der Waals surface area contributed by atoms with Crippen LogP contribution in [0.25, 0.3) is 0 Å². The molecule has 3 rings (SSSR count). The van der Waals surface area contributed by atoms with Gasteiger partial charge in [0.2, 0.25) is 5.89 Å². The van der Waals surface area contributed by atoms with Crippen LogP contribution in [0.4, 0.5) is 0 Å². The number of hydrogen-bond donors (Lipinski definition) is 1. The van der Waals surface area contributed by atoms with E-state index in [9.17, 15) is 0 Å². The number of nitrogens with zero attached hydrogens (tertiary/aromatic N) is 4. The highest BCUT2D eigenvalue weighted by molar-refractivity contribution is 4.91. The van der Waals surface area contributed by atoms with Crippen molar-refractivity contribution < 1.29 is 4.52 Å². The summed E-state index contributed by atoms with van der Waals surface area (Å²) in [6.07, 6.45) is 8.75. The van der Waals surface area contributed by atoms with E-state index >= 15 is 0 Å². The van der Waals surface area contributed by atoms with E-state index in [1.807, 2.05) is 25.4 Å². The zero-order valence-corrected chi connectivity index (χ0v) is 11.1. The summed E-state index contributed by atoms with van der Waals surface area (Å²) in [7, 11) is 0. The smallest absolute Gasteiger partial charge is 0.240 e. The maximum Gasteiger partial charge on any atom is 0.240 e. The monoisotopic (exact) mass is 261 g/mol. The quantitative estimate of drug-likeness (QED) is 0.909. The van der Waals surface area contributed by atoms with Gasteiger partial charge in [0, 0.05) is 18.4 Å². The third-order valence-corrected chi connectivity index (χ3v) is 3.68. The Morgan fingerprint density at radius 1 is 1.42 bits per heavy atom. The van der Waals surface area contributed by atoms with Crippen molar-refractivity contribution >= 4 is 0 Å². The Hall–Kier alpha value is -1.69. The predicted molar refractivity (Wildman–Crippen MR) is 69.4 cm³/mol. The van der Waals surface area contributed by atoms with Crippen molar-refractivity contribution in [1.82, 2.24) is 25.2 Å². The topological polar surface area (TPSA) is 68.8 Å². The number of aryl methyl sites for hydroxylation is 1. The third kappa shape index (κ3) is 2.84. The highest BCUT2D eigenvalue weighted by atomic mass is 16.5. The normalized spacial score (nSPS) is 23.6. The second-order valence-electron chi connectivity index (χ2n) is 5.06. The molecule has 0 aliphatic heterocycles. The summed E-state index contributed by atoms with van der Waals surface area (Å²) in [5.41, 5.74) is 0. The molecule has 6 heteroatoms. The van der Waals surface area contributed by atoms with Crippen LogP contribution in [-0.2, 0) is 6.54 Å². The Morgan fingerprint density at radius 3 is 3.05 bits per heavy atom. The van der Waals surface area contributed by atoms with Gasteiger partial charge in [-0.2, -0.15) is 10.1 Å². The van der Waals surface area contributed by atoms with Gasteiger partial charge in [-0.15, -0.1) is 0 Å². The van der Waals surface area contributed by atoms with E-state index in [2.05, 4.69) is 25.2 Å². The maximum atomic E-state index is 5.14. The fourth-order valence-electron chi connectivity index (χ4n) is 2.77. The first-order valence-corrected chi connectivity index (χ1v) is 6.84. The van der Waals surface area contributed by atoms with Crippen LogP contribution < -0.4 is 5.32 Å². The molecule has 0 aromatic carbocycles. The van der Waals surface area contributed by atoms with Crippen molar-refractivity contribution in [2.24, 2.45) is 0 Å². The molecule has 0 amide bonds. The first-order valence-electron chi connectivity index (χ1n) is 6.84. The number of rotatable bonds is 4. The van der Waals surface area contributed by atoms with E-state index < -0.39 is 0 Å². The van der Waals surface area contributed by atoms with Gasteiger partial charge in [-0.3, -0.25) is 4.68 Å². The minimum Gasteiger partial charge on any atom is -0.338 e. The van der Waals surface area contributed by atoms with Crippen molar-refractivity contribution in [1.29, 1.82) is 0 Å². The molecule has 2 heterocycles. The first-order chi connectivity index (χ1) is 9.33. The summed E-state index contributed by atoms with van der Waals surface area (Å²) in [5.74, 6) is 1.34. The Labute approximate surface area is 112 Å². The molecular weight excluding hydrogens is 242 g/mol. The molecule has 102 valence electrons. The van der Waals surface area contributed by atoms with Gasteiger partial charge >= 0.3 is 0 Å². The second kappa shape index (κ2) is 5.52. The van der Waals surface area contributed by atoms with E-state index in [0.29, 0.717) is 30.3 Å². The molecule has 2 aromatic rings. The SMILES string of the molecule is Cc1noc(CN[C@@H]2CCCC[C@@H]2n2cccn2)n1. The van der Waals surface area contributed by atoms with Gasteiger partial charge in [0.15, 0.2) is 5.82 Å². The molecule has 0 radical (unpaired) electrons. The summed E-state index contributed by atoms with van der Waals surface area (Å²) < 4.78 is 7.20. The molecule has 1 aliphatic carbocycles. The van der Waals surface area contributed by atoms with Crippen molar-refractivity contribution in [3.8, 4) is 0 Å². The first kappa shape index (κ1) is 12.3. The average Bonchev–Trinajstić information content (AvgIpc) is 3.08. The van der Waals surface area contributed by atoms with Gasteiger partial charge in [-0.05, 0) is 25.8 Å². The molecule has 2 atom stereocenters. The molecule has 0 unspecified atom stereocenters. The molecule has 1 N–H and O–H groups in total. The van der Waals surface area contributed by atoms with E-state index in [4.69, 9.17) is 4.52 Å². The van der Waals surface area contributed by atoms with Gasteiger partial charge in [-0.1, -0.05) is 18.0 Å². The molecule has 0 bridgehead atoms. The molecule has 1 aliphatic rings. The van der Waals surface area contributed by atoms with Gasteiger partial charge in [-0.25, -0.2) is 0 Å². The van der Waals surface area contributed by atoms with E-state index in [-0.39, 0.29) is 0 Å². The van der Waals surface area contributed by atoms with Crippen LogP contribution in [0, 0.1) is 6.92 Å². The largest absolute Gasteiger partial charge is 0.338 e. The molecule has 19 heavy (non-hydrogen) atoms. The fourth-order valence-corrected chi connectivity index (χ4v) is 2.77. The predicted octanol–water partition coefficient (Wildman–Crippen LogP) is 1.85. The van der Waals surface area contributed by atoms with Crippen LogP contribution >= 0.6 is 0 Å². The van der Waals surface area contributed by atoms with Crippen molar-refractivity contribution in [2.45, 2.75) is 51.2 Å². The summed E-state index contributed by atoms with van der Waals surface area (Å²) >= 11 is 0. The van der Waals surface area contributed by atoms with Crippen molar-refractivity contribution in [2.75, 3.05) is 0 Å². The molecule has 6 nitrogen and oxygen atoms in total. The van der Waals surface area contributed by atoms with Crippen molar-refractivity contribution in [3.63, 3.8) is 0 Å². The lowest BCUT2D eigenvalue weighted by atomic mass is 9.90. The minimum atomic E-state index is 0.417. The van der Waals surface area contributed by atoms with Crippen LogP contribution in [0.3, 0.4) is 0 Å². The number of aromatic nitrogens is 4. The Morgan fingerprint density at radius 2 is 2.32 bits per heavy atom. The standard InChI is InChI=1S/C13H19N5O/c1-10-16-13(19-17-10)9-14-11-5-2-3-6-12(11)18-8-4-7-15-18/h4,7-8,11-12,14H,2-3,5-6,9H2,1H3/t11-,12+/m1/s1. The summed E-state index contributed by atoms with van der Waals surface area (Å²) in [5, 5.41) is 11.7. The van der Waals surface area contributed by atoms with Gasteiger partial charge in [0.05, 0.1) is 12.6 Å². The number of hydrogen-bond acceptors (Lipinski definition) is 5. The highest BCUT2D eigenvalue weighted by Gasteiger charge is 2.26. The van der Waals surface area contributed by atoms with Crippen LogP contribution in [0.2, 0.25) is 0 Å². The molecule has 0 spiro atoms. The molecule has 1 saturated carbocycles. The minimum absolute atomic E-state index is 0.417. The Bertz CT molecular complexity index is 507. The zero-order chi connectivity index (χ0) is 13.1. The molecule has 1 fully saturated rings. The lowest BCUT2D eigenvalue weighted by molar-refractivity contribution is 0.236. The van der Waals surface area contributed by atoms with Crippen LogP contribution in [0.5, 0.6) is 0 Å². The van der Waals surface area contributed by atoms with Crippen molar-refractivity contribution in [3.05, 3.63) is 30.2 Å². The molecule has 2 aromatic heterocycles. The average molecular weight is 261 g/mol. The third-order valence-electron chi connectivity index (χ3n) is 3.68. The summed E-state index contributed by atoms with van der Waals surface area (Å²) in [4.78, 5) is 4.22. The highest BCUT2D eigenvalue weighted by Crippen LogP contribution is 2.28. The van der Waals surface area contributed by atoms with Gasteiger partial charge in [0.1, 0.15) is 0 Å². The second-order valence-corrected chi connectivity index (χ2v) is 5.06. The molecular formula is C13H19N5O. The lowest BCUT2D eigenvalue weighted by Crippen LogP contribution is -2.39.